The lowest BCUT2D eigenvalue weighted by Crippen LogP contribution is -2.27. The van der Waals surface area contributed by atoms with Crippen LogP contribution in [0.3, 0.4) is 0 Å². The Bertz CT molecular complexity index is 858. The molecule has 2 heterocycles. The van der Waals surface area contributed by atoms with Crippen molar-refractivity contribution in [1.29, 1.82) is 0 Å². The summed E-state index contributed by atoms with van der Waals surface area (Å²) in [5, 5.41) is 12.3. The van der Waals surface area contributed by atoms with Gasteiger partial charge in [0.05, 0.1) is 15.9 Å². The zero-order chi connectivity index (χ0) is 19.8. The Kier molecular flexibility index (Phi) is 5.44. The quantitative estimate of drug-likeness (QED) is 0.768. The molecule has 0 spiro atoms. The summed E-state index contributed by atoms with van der Waals surface area (Å²) in [6.45, 7) is 2.81. The molecule has 0 aliphatic rings. The molecule has 0 fully saturated rings. The molecule has 2 aromatic rings. The number of aromatic nitrogens is 4. The standard InChI is InChI=1S/C14H16BrF3N6O2/c1-6-9(15)11(14(16,17)18)22-24(6)7(2)12(25)20-8-5-23(4)21-10(8)13(26)19-3/h5,7H,1-4H3,(H,19,26)(H,20,25)/t7-/m0/s1. The van der Waals surface area contributed by atoms with Crippen molar-refractivity contribution in [2.75, 3.05) is 12.4 Å². The van der Waals surface area contributed by atoms with E-state index in [1.54, 1.807) is 7.05 Å². The van der Waals surface area contributed by atoms with Gasteiger partial charge < -0.3 is 10.6 Å². The molecule has 26 heavy (non-hydrogen) atoms. The third kappa shape index (κ3) is 3.74. The Morgan fingerprint density at radius 3 is 2.42 bits per heavy atom. The Morgan fingerprint density at radius 2 is 1.92 bits per heavy atom. The fourth-order valence-electron chi connectivity index (χ4n) is 2.27. The summed E-state index contributed by atoms with van der Waals surface area (Å²) in [6, 6.07) is -1.06. The van der Waals surface area contributed by atoms with E-state index >= 15 is 0 Å². The zero-order valence-corrected chi connectivity index (χ0v) is 15.9. The first-order valence-corrected chi connectivity index (χ1v) is 8.15. The molecular weight excluding hydrogens is 421 g/mol. The van der Waals surface area contributed by atoms with Gasteiger partial charge in [-0.25, -0.2) is 0 Å². The second-order valence-corrected chi connectivity index (χ2v) is 6.29. The van der Waals surface area contributed by atoms with Crippen LogP contribution >= 0.6 is 15.9 Å². The molecule has 0 radical (unpaired) electrons. The van der Waals surface area contributed by atoms with Crippen LogP contribution in [0.25, 0.3) is 0 Å². The van der Waals surface area contributed by atoms with Crippen LogP contribution in [0.1, 0.15) is 34.8 Å². The van der Waals surface area contributed by atoms with E-state index in [2.05, 4.69) is 36.8 Å². The van der Waals surface area contributed by atoms with Crippen LogP contribution in [0.2, 0.25) is 0 Å². The zero-order valence-electron chi connectivity index (χ0n) is 14.3. The lowest BCUT2D eigenvalue weighted by Gasteiger charge is -2.14. The molecule has 1 atom stereocenters. The van der Waals surface area contributed by atoms with E-state index in [4.69, 9.17) is 0 Å². The SMILES string of the molecule is CNC(=O)c1nn(C)cc1NC(=O)[C@H](C)n1nc(C(F)(F)F)c(Br)c1C. The van der Waals surface area contributed by atoms with Crippen LogP contribution in [0.15, 0.2) is 10.7 Å². The molecule has 0 aliphatic carbocycles. The lowest BCUT2D eigenvalue weighted by atomic mass is 10.2. The summed E-state index contributed by atoms with van der Waals surface area (Å²) in [4.78, 5) is 24.3. The van der Waals surface area contributed by atoms with Gasteiger partial charge in [0, 0.05) is 20.3 Å². The number of carbonyl (C=O) groups excluding carboxylic acids is 2. The summed E-state index contributed by atoms with van der Waals surface area (Å²) in [7, 11) is 2.98. The van der Waals surface area contributed by atoms with Gasteiger partial charge in [0.25, 0.3) is 5.91 Å². The molecule has 0 unspecified atom stereocenters. The lowest BCUT2D eigenvalue weighted by molar-refractivity contribution is -0.142. The number of alkyl halides is 3. The molecular formula is C14H16BrF3N6O2. The molecule has 0 bridgehead atoms. The number of nitrogens with one attached hydrogen (secondary N) is 2. The van der Waals surface area contributed by atoms with Crippen molar-refractivity contribution in [3.05, 3.63) is 27.8 Å². The number of hydrogen-bond donors (Lipinski definition) is 2. The minimum atomic E-state index is -4.65. The minimum absolute atomic E-state index is 0.00935. The van der Waals surface area contributed by atoms with Crippen molar-refractivity contribution >= 4 is 33.4 Å². The molecule has 12 heteroatoms. The van der Waals surface area contributed by atoms with Gasteiger partial charge >= 0.3 is 6.18 Å². The van der Waals surface area contributed by atoms with E-state index in [0.717, 1.165) is 4.68 Å². The van der Waals surface area contributed by atoms with Crippen LogP contribution in [-0.4, -0.2) is 38.4 Å². The van der Waals surface area contributed by atoms with Crippen molar-refractivity contribution in [3.8, 4) is 0 Å². The first kappa shape index (κ1) is 19.9. The smallest absolute Gasteiger partial charge is 0.354 e. The highest BCUT2D eigenvalue weighted by atomic mass is 79.9. The molecule has 2 N–H and O–H groups in total. The van der Waals surface area contributed by atoms with Gasteiger partial charge in [0.2, 0.25) is 5.91 Å². The number of aryl methyl sites for hydroxylation is 1. The fraction of sp³-hybridized carbons (Fsp3) is 0.429. The van der Waals surface area contributed by atoms with Crippen LogP contribution in [0.4, 0.5) is 18.9 Å². The van der Waals surface area contributed by atoms with Crippen LogP contribution in [-0.2, 0) is 18.0 Å². The van der Waals surface area contributed by atoms with Crippen LogP contribution in [0, 0.1) is 6.92 Å². The number of nitrogens with zero attached hydrogens (tertiary/aromatic N) is 4. The maximum absolute atomic E-state index is 13.0. The minimum Gasteiger partial charge on any atom is -0.354 e. The predicted molar refractivity (Wildman–Crippen MR) is 89.6 cm³/mol. The maximum Gasteiger partial charge on any atom is 0.436 e. The molecule has 2 amide bonds. The Balaban J connectivity index is 2.31. The third-order valence-electron chi connectivity index (χ3n) is 3.62. The van der Waals surface area contributed by atoms with E-state index in [9.17, 15) is 22.8 Å². The normalized spacial score (nSPS) is 12.8. The maximum atomic E-state index is 13.0. The topological polar surface area (TPSA) is 93.8 Å². The highest BCUT2D eigenvalue weighted by Crippen LogP contribution is 2.36. The molecule has 2 rings (SSSR count). The summed E-state index contributed by atoms with van der Waals surface area (Å²) < 4.78 is 41.0. The van der Waals surface area contributed by atoms with Gasteiger partial charge in [-0.05, 0) is 29.8 Å². The predicted octanol–water partition coefficient (Wildman–Crippen LogP) is 2.27. The van der Waals surface area contributed by atoms with Crippen molar-refractivity contribution in [1.82, 2.24) is 24.9 Å². The Morgan fingerprint density at radius 1 is 1.31 bits per heavy atom. The van der Waals surface area contributed by atoms with E-state index < -0.39 is 29.7 Å². The van der Waals surface area contributed by atoms with Crippen LogP contribution < -0.4 is 10.6 Å². The number of amides is 2. The molecule has 2 aromatic heterocycles. The summed E-state index contributed by atoms with van der Waals surface area (Å²) in [5.41, 5.74) is -0.826. The Labute approximate surface area is 154 Å². The molecule has 8 nitrogen and oxygen atoms in total. The first-order valence-electron chi connectivity index (χ1n) is 7.35. The first-order chi connectivity index (χ1) is 12.0. The molecule has 0 aliphatic heterocycles. The van der Waals surface area contributed by atoms with E-state index in [1.807, 2.05) is 0 Å². The van der Waals surface area contributed by atoms with Gasteiger partial charge in [0.1, 0.15) is 6.04 Å². The van der Waals surface area contributed by atoms with E-state index in [1.165, 1.54) is 31.8 Å². The molecule has 0 saturated heterocycles. The second-order valence-electron chi connectivity index (χ2n) is 5.50. The number of halogens is 4. The van der Waals surface area contributed by atoms with E-state index in [-0.39, 0.29) is 21.5 Å². The summed E-state index contributed by atoms with van der Waals surface area (Å²) >= 11 is 2.86. The second kappa shape index (κ2) is 7.09. The molecule has 0 aromatic carbocycles. The van der Waals surface area contributed by atoms with E-state index in [0.29, 0.717) is 0 Å². The van der Waals surface area contributed by atoms with Crippen molar-refractivity contribution in [3.63, 3.8) is 0 Å². The molecule has 0 saturated carbocycles. The monoisotopic (exact) mass is 436 g/mol. The number of carbonyl (C=O) groups is 2. The highest BCUT2D eigenvalue weighted by molar-refractivity contribution is 9.10. The summed E-state index contributed by atoms with van der Waals surface area (Å²) in [5.74, 6) is -1.15. The third-order valence-corrected chi connectivity index (χ3v) is 4.57. The average molecular weight is 437 g/mol. The van der Waals surface area contributed by atoms with Gasteiger partial charge in [-0.2, -0.15) is 23.4 Å². The number of anilines is 1. The van der Waals surface area contributed by atoms with Crippen molar-refractivity contribution in [2.24, 2.45) is 7.05 Å². The largest absolute Gasteiger partial charge is 0.436 e. The average Bonchev–Trinajstić information content (AvgIpc) is 3.06. The highest BCUT2D eigenvalue weighted by Gasteiger charge is 2.39. The molecule has 142 valence electrons. The Hall–Kier alpha value is -2.37. The van der Waals surface area contributed by atoms with Gasteiger partial charge in [-0.3, -0.25) is 19.0 Å². The van der Waals surface area contributed by atoms with Crippen molar-refractivity contribution in [2.45, 2.75) is 26.1 Å². The fourth-order valence-corrected chi connectivity index (χ4v) is 2.76. The van der Waals surface area contributed by atoms with Gasteiger partial charge in [-0.1, -0.05) is 0 Å². The van der Waals surface area contributed by atoms with Crippen molar-refractivity contribution < 1.29 is 22.8 Å². The van der Waals surface area contributed by atoms with Crippen LogP contribution in [0.5, 0.6) is 0 Å². The number of rotatable bonds is 4. The summed E-state index contributed by atoms with van der Waals surface area (Å²) in [6.07, 6.45) is -3.23. The van der Waals surface area contributed by atoms with Gasteiger partial charge in [0.15, 0.2) is 11.4 Å². The van der Waals surface area contributed by atoms with Gasteiger partial charge in [-0.15, -0.1) is 0 Å². The number of hydrogen-bond acceptors (Lipinski definition) is 4.